The van der Waals surface area contributed by atoms with Gasteiger partial charge >= 0.3 is 0 Å². The fourth-order valence-corrected chi connectivity index (χ4v) is 4.15. The van der Waals surface area contributed by atoms with E-state index in [4.69, 9.17) is 5.10 Å². The number of rotatable bonds is 6. The summed E-state index contributed by atoms with van der Waals surface area (Å²) in [7, 11) is 0. The molecule has 5 aromatic rings. The number of carbonyl (C=O) groups excluding carboxylic acids is 1. The number of benzene rings is 4. The minimum Gasteiger partial charge on any atom is -0.298 e. The number of hydrogen-bond acceptors (Lipinski definition) is 4. The fourth-order valence-electron chi connectivity index (χ4n) is 4.15. The van der Waals surface area contributed by atoms with Crippen LogP contribution in [0.5, 0.6) is 0 Å². The van der Waals surface area contributed by atoms with Crippen LogP contribution in [0.25, 0.3) is 11.4 Å². The Kier molecular flexibility index (Phi) is 5.14. The van der Waals surface area contributed by atoms with Gasteiger partial charge in [-0.1, -0.05) is 115 Å². The summed E-state index contributed by atoms with van der Waals surface area (Å²) in [5, 5.41) is 13.7. The maximum absolute atomic E-state index is 11.6. The Morgan fingerprint density at radius 2 is 1.09 bits per heavy atom. The zero-order valence-electron chi connectivity index (χ0n) is 17.2. The normalized spacial score (nSPS) is 11.2. The van der Waals surface area contributed by atoms with E-state index in [1.807, 2.05) is 72.8 Å². The molecule has 0 saturated carbocycles. The lowest BCUT2D eigenvalue weighted by molar-refractivity contribution is 0.112. The first-order chi connectivity index (χ1) is 15.8. The van der Waals surface area contributed by atoms with Crippen LogP contribution >= 0.6 is 0 Å². The van der Waals surface area contributed by atoms with Crippen LogP contribution in [0.3, 0.4) is 0 Å². The molecule has 0 unspecified atom stereocenters. The van der Waals surface area contributed by atoms with E-state index in [0.29, 0.717) is 17.0 Å². The average Bonchev–Trinajstić information content (AvgIpc) is 3.37. The second-order valence-corrected chi connectivity index (χ2v) is 7.42. The molecule has 0 aliphatic rings. The van der Waals surface area contributed by atoms with Crippen molar-refractivity contribution in [2.24, 2.45) is 0 Å². The van der Waals surface area contributed by atoms with Crippen LogP contribution in [-0.4, -0.2) is 26.5 Å². The molecule has 1 aromatic heterocycles. The summed E-state index contributed by atoms with van der Waals surface area (Å²) in [6.07, 6.45) is 0.814. The summed E-state index contributed by atoms with van der Waals surface area (Å²) in [4.78, 5) is 13.2. The Hall–Kier alpha value is -4.38. The summed E-state index contributed by atoms with van der Waals surface area (Å²) in [6, 6.07) is 37.7. The molecule has 0 saturated heterocycles. The summed E-state index contributed by atoms with van der Waals surface area (Å²) < 4.78 is 0. The van der Waals surface area contributed by atoms with Gasteiger partial charge < -0.3 is 0 Å². The minimum atomic E-state index is -0.842. The van der Waals surface area contributed by atoms with Gasteiger partial charge in [-0.25, -0.2) is 0 Å². The monoisotopic (exact) mass is 416 g/mol. The first-order valence-corrected chi connectivity index (χ1v) is 10.4. The van der Waals surface area contributed by atoms with E-state index in [0.717, 1.165) is 23.0 Å². The number of hydrogen-bond donors (Lipinski definition) is 0. The molecule has 154 valence electrons. The zero-order valence-corrected chi connectivity index (χ0v) is 17.2. The lowest BCUT2D eigenvalue weighted by Crippen LogP contribution is -2.39. The highest BCUT2D eigenvalue weighted by atomic mass is 16.1. The van der Waals surface area contributed by atoms with Gasteiger partial charge in [0.1, 0.15) is 0 Å². The second-order valence-electron chi connectivity index (χ2n) is 7.42. The molecule has 0 fully saturated rings. The van der Waals surface area contributed by atoms with Gasteiger partial charge in [-0.15, -0.1) is 15.0 Å². The lowest BCUT2D eigenvalue weighted by Gasteiger charge is -2.34. The summed E-state index contributed by atoms with van der Waals surface area (Å²) >= 11 is 0. The van der Waals surface area contributed by atoms with Gasteiger partial charge in [0, 0.05) is 11.1 Å². The quantitative estimate of drug-likeness (QED) is 0.289. The molecule has 5 rings (SSSR count). The first-order valence-electron chi connectivity index (χ1n) is 10.4. The minimum absolute atomic E-state index is 0.403. The Morgan fingerprint density at radius 3 is 1.59 bits per heavy atom. The van der Waals surface area contributed by atoms with Crippen LogP contribution in [0, 0.1) is 0 Å². The van der Waals surface area contributed by atoms with Gasteiger partial charge in [0.25, 0.3) is 0 Å². The number of carbonyl (C=O) groups is 1. The SMILES string of the molecule is O=Cc1ccccc1-c1nnn(C(c2ccccc2)(c2ccccc2)c2ccccc2)n1. The molecular formula is C27H20N4O. The molecule has 0 amide bonds. The van der Waals surface area contributed by atoms with Crippen molar-refractivity contribution < 1.29 is 4.79 Å². The standard InChI is InChI=1S/C27H20N4O/c32-20-21-12-10-11-19-25(21)26-28-30-31(29-26)27(22-13-4-1-5-14-22,23-15-6-2-7-16-23)24-17-8-3-9-18-24/h1-20H. The smallest absolute Gasteiger partial charge is 0.205 e. The molecule has 5 nitrogen and oxygen atoms in total. The molecule has 1 heterocycles. The van der Waals surface area contributed by atoms with Crippen molar-refractivity contribution in [1.29, 1.82) is 0 Å². The summed E-state index contributed by atoms with van der Waals surface area (Å²) in [5.74, 6) is 0.403. The Labute approximate surface area is 186 Å². The molecule has 0 spiro atoms. The third-order valence-corrected chi connectivity index (χ3v) is 5.62. The number of aromatic nitrogens is 4. The van der Waals surface area contributed by atoms with E-state index in [1.165, 1.54) is 0 Å². The van der Waals surface area contributed by atoms with Crippen LogP contribution in [-0.2, 0) is 5.54 Å². The average molecular weight is 416 g/mol. The molecule has 32 heavy (non-hydrogen) atoms. The molecule has 0 N–H and O–H groups in total. The third kappa shape index (κ3) is 3.20. The number of tetrazole rings is 1. The van der Waals surface area contributed by atoms with Crippen LogP contribution < -0.4 is 0 Å². The molecule has 0 aliphatic heterocycles. The predicted octanol–water partition coefficient (Wildman–Crippen LogP) is 4.99. The van der Waals surface area contributed by atoms with Gasteiger partial charge in [0.15, 0.2) is 11.8 Å². The van der Waals surface area contributed by atoms with Gasteiger partial charge in [-0.2, -0.15) is 0 Å². The largest absolute Gasteiger partial charge is 0.298 e. The van der Waals surface area contributed by atoms with E-state index in [1.54, 1.807) is 10.9 Å². The molecule has 0 radical (unpaired) electrons. The Morgan fingerprint density at radius 1 is 0.625 bits per heavy atom. The summed E-state index contributed by atoms with van der Waals surface area (Å²) in [5.41, 5.74) is 3.35. The fraction of sp³-hybridized carbons (Fsp3) is 0.0370. The number of nitrogens with zero attached hydrogens (tertiary/aromatic N) is 4. The molecule has 0 aliphatic carbocycles. The highest BCUT2D eigenvalue weighted by Crippen LogP contribution is 2.39. The van der Waals surface area contributed by atoms with Crippen molar-refractivity contribution in [2.45, 2.75) is 5.54 Å². The highest BCUT2D eigenvalue weighted by Gasteiger charge is 2.41. The van der Waals surface area contributed by atoms with E-state index >= 15 is 0 Å². The molecular weight excluding hydrogens is 396 g/mol. The van der Waals surface area contributed by atoms with Crippen LogP contribution in [0.4, 0.5) is 0 Å². The molecule has 5 heteroatoms. The Bertz CT molecular complexity index is 1240. The van der Waals surface area contributed by atoms with Crippen molar-refractivity contribution in [3.63, 3.8) is 0 Å². The van der Waals surface area contributed by atoms with Crippen LogP contribution in [0.1, 0.15) is 27.0 Å². The third-order valence-electron chi connectivity index (χ3n) is 5.62. The van der Waals surface area contributed by atoms with Crippen molar-refractivity contribution in [2.75, 3.05) is 0 Å². The van der Waals surface area contributed by atoms with Crippen LogP contribution in [0.15, 0.2) is 115 Å². The highest BCUT2D eigenvalue weighted by molar-refractivity contribution is 5.85. The van der Waals surface area contributed by atoms with Gasteiger partial charge in [-0.3, -0.25) is 4.79 Å². The van der Waals surface area contributed by atoms with Gasteiger partial charge in [0.2, 0.25) is 5.82 Å². The van der Waals surface area contributed by atoms with E-state index in [-0.39, 0.29) is 0 Å². The van der Waals surface area contributed by atoms with E-state index in [9.17, 15) is 4.79 Å². The maximum atomic E-state index is 11.6. The Balaban J connectivity index is 1.82. The van der Waals surface area contributed by atoms with Crippen molar-refractivity contribution in [3.8, 4) is 11.4 Å². The second kappa shape index (κ2) is 8.40. The van der Waals surface area contributed by atoms with Crippen LogP contribution in [0.2, 0.25) is 0 Å². The summed E-state index contributed by atoms with van der Waals surface area (Å²) in [6.45, 7) is 0. The molecule has 0 atom stereocenters. The maximum Gasteiger partial charge on any atom is 0.205 e. The van der Waals surface area contributed by atoms with E-state index in [2.05, 4.69) is 46.7 Å². The first kappa shape index (κ1) is 19.6. The lowest BCUT2D eigenvalue weighted by atomic mass is 9.77. The molecule has 4 aromatic carbocycles. The molecule has 0 bridgehead atoms. The number of aldehydes is 1. The predicted molar refractivity (Wildman–Crippen MR) is 123 cm³/mol. The van der Waals surface area contributed by atoms with Gasteiger partial charge in [-0.05, 0) is 21.9 Å². The van der Waals surface area contributed by atoms with Crippen molar-refractivity contribution in [1.82, 2.24) is 20.2 Å². The van der Waals surface area contributed by atoms with Crippen molar-refractivity contribution in [3.05, 3.63) is 138 Å². The van der Waals surface area contributed by atoms with E-state index < -0.39 is 5.54 Å². The van der Waals surface area contributed by atoms with Crippen molar-refractivity contribution >= 4 is 6.29 Å². The topological polar surface area (TPSA) is 60.7 Å². The zero-order chi connectivity index (χ0) is 21.8. The van der Waals surface area contributed by atoms with Gasteiger partial charge in [0.05, 0.1) is 0 Å².